The summed E-state index contributed by atoms with van der Waals surface area (Å²) in [5, 5.41) is 16.9. The Morgan fingerprint density at radius 3 is 2.83 bits per heavy atom. The van der Waals surface area contributed by atoms with Gasteiger partial charge < -0.3 is 5.32 Å². The van der Waals surface area contributed by atoms with Gasteiger partial charge in [0, 0.05) is 11.1 Å². The number of aromatic nitrogens is 4. The molecule has 2 aromatic rings. The predicted molar refractivity (Wildman–Crippen MR) is 65.9 cm³/mol. The van der Waals surface area contributed by atoms with Crippen LogP contribution < -0.4 is 5.32 Å². The third-order valence-corrected chi connectivity index (χ3v) is 3.08. The molecule has 0 amide bonds. The standard InChI is InChI=1S/C10H10Cl2FN5/c1-5(14-4-10-15-17-18-16-10)6-2-9(13)8(12)3-7(6)11/h2-3,5,14H,4H2,1H3,(H,15,16,17,18). The van der Waals surface area contributed by atoms with E-state index >= 15 is 0 Å². The molecule has 0 saturated heterocycles. The summed E-state index contributed by atoms with van der Waals surface area (Å²) in [4.78, 5) is 0. The van der Waals surface area contributed by atoms with Crippen LogP contribution in [-0.4, -0.2) is 20.6 Å². The molecule has 0 aliphatic carbocycles. The number of nitrogens with zero attached hydrogens (tertiary/aromatic N) is 3. The number of aromatic amines is 1. The molecule has 2 rings (SSSR count). The molecule has 1 atom stereocenters. The first-order valence-corrected chi connectivity index (χ1v) is 5.93. The maximum atomic E-state index is 13.4. The zero-order chi connectivity index (χ0) is 13.1. The van der Waals surface area contributed by atoms with Crippen molar-refractivity contribution in [2.24, 2.45) is 0 Å². The van der Waals surface area contributed by atoms with Crippen LogP contribution in [0.25, 0.3) is 0 Å². The summed E-state index contributed by atoms with van der Waals surface area (Å²) in [6, 6.07) is 2.54. The van der Waals surface area contributed by atoms with Gasteiger partial charge in [-0.2, -0.15) is 5.21 Å². The van der Waals surface area contributed by atoms with E-state index in [1.54, 1.807) is 0 Å². The molecule has 0 radical (unpaired) electrons. The summed E-state index contributed by atoms with van der Waals surface area (Å²) in [6.45, 7) is 2.26. The molecule has 96 valence electrons. The molecule has 8 heteroatoms. The van der Waals surface area contributed by atoms with Gasteiger partial charge >= 0.3 is 0 Å². The van der Waals surface area contributed by atoms with Crippen molar-refractivity contribution in [1.82, 2.24) is 25.9 Å². The number of benzene rings is 1. The van der Waals surface area contributed by atoms with Crippen molar-refractivity contribution >= 4 is 23.2 Å². The third-order valence-electron chi connectivity index (χ3n) is 2.46. The highest BCUT2D eigenvalue weighted by Crippen LogP contribution is 2.28. The van der Waals surface area contributed by atoms with Crippen molar-refractivity contribution < 1.29 is 4.39 Å². The maximum absolute atomic E-state index is 13.4. The molecular formula is C10H10Cl2FN5. The van der Waals surface area contributed by atoms with Crippen LogP contribution in [0.4, 0.5) is 4.39 Å². The molecule has 1 heterocycles. The van der Waals surface area contributed by atoms with Crippen molar-refractivity contribution in [1.29, 1.82) is 0 Å². The smallest absolute Gasteiger partial charge is 0.188 e. The van der Waals surface area contributed by atoms with Crippen LogP contribution in [0, 0.1) is 5.82 Å². The molecule has 1 unspecified atom stereocenters. The fraction of sp³-hybridized carbons (Fsp3) is 0.300. The van der Waals surface area contributed by atoms with Gasteiger partial charge in [0.15, 0.2) is 5.82 Å². The summed E-state index contributed by atoms with van der Waals surface area (Å²) in [6.07, 6.45) is 0. The predicted octanol–water partition coefficient (Wildman–Crippen LogP) is 2.50. The number of halogens is 3. The van der Waals surface area contributed by atoms with E-state index in [4.69, 9.17) is 23.2 Å². The van der Waals surface area contributed by atoms with Crippen molar-refractivity contribution in [3.05, 3.63) is 39.4 Å². The molecule has 5 nitrogen and oxygen atoms in total. The van der Waals surface area contributed by atoms with E-state index in [1.165, 1.54) is 12.1 Å². The minimum absolute atomic E-state index is 0.00844. The molecule has 1 aromatic heterocycles. The normalized spacial score (nSPS) is 12.7. The van der Waals surface area contributed by atoms with Crippen molar-refractivity contribution in [3.8, 4) is 0 Å². The van der Waals surface area contributed by atoms with Gasteiger partial charge in [-0.05, 0) is 24.6 Å². The number of hydrogen-bond acceptors (Lipinski definition) is 4. The Morgan fingerprint density at radius 2 is 2.17 bits per heavy atom. The number of hydrogen-bond donors (Lipinski definition) is 2. The number of rotatable bonds is 4. The Bertz CT molecular complexity index is 531. The Kier molecular flexibility index (Phi) is 4.11. The minimum atomic E-state index is -0.496. The van der Waals surface area contributed by atoms with Crippen LogP contribution >= 0.6 is 23.2 Å². The van der Waals surface area contributed by atoms with E-state index in [-0.39, 0.29) is 11.1 Å². The molecule has 0 fully saturated rings. The highest BCUT2D eigenvalue weighted by atomic mass is 35.5. The molecule has 2 N–H and O–H groups in total. The molecular weight excluding hydrogens is 280 g/mol. The zero-order valence-corrected chi connectivity index (χ0v) is 10.9. The lowest BCUT2D eigenvalue weighted by Gasteiger charge is -2.15. The van der Waals surface area contributed by atoms with E-state index in [9.17, 15) is 4.39 Å². The van der Waals surface area contributed by atoms with Gasteiger partial charge in [-0.1, -0.05) is 28.4 Å². The van der Waals surface area contributed by atoms with Gasteiger partial charge in [-0.25, -0.2) is 4.39 Å². The Hall–Kier alpha value is -1.24. The molecule has 0 spiro atoms. The minimum Gasteiger partial charge on any atom is -0.303 e. The summed E-state index contributed by atoms with van der Waals surface area (Å²) in [5.74, 6) is 0.0247. The molecule has 0 bridgehead atoms. The number of tetrazole rings is 1. The first-order chi connectivity index (χ1) is 8.58. The van der Waals surface area contributed by atoms with Gasteiger partial charge in [0.2, 0.25) is 0 Å². The second kappa shape index (κ2) is 5.60. The second-order valence-electron chi connectivity index (χ2n) is 3.72. The number of nitrogens with one attached hydrogen (secondary N) is 2. The lowest BCUT2D eigenvalue weighted by atomic mass is 10.1. The lowest BCUT2D eigenvalue weighted by Crippen LogP contribution is -2.19. The quantitative estimate of drug-likeness (QED) is 0.849. The van der Waals surface area contributed by atoms with E-state index < -0.39 is 5.82 Å². The average molecular weight is 290 g/mol. The average Bonchev–Trinajstić information content (AvgIpc) is 2.84. The summed E-state index contributed by atoms with van der Waals surface area (Å²) >= 11 is 11.7. The van der Waals surface area contributed by atoms with Gasteiger partial charge in [-0.3, -0.25) is 0 Å². The van der Waals surface area contributed by atoms with Crippen molar-refractivity contribution in [2.45, 2.75) is 19.5 Å². The van der Waals surface area contributed by atoms with E-state index in [0.717, 1.165) is 0 Å². The van der Waals surface area contributed by atoms with Gasteiger partial charge in [0.25, 0.3) is 0 Å². The van der Waals surface area contributed by atoms with E-state index in [1.807, 2.05) is 6.92 Å². The maximum Gasteiger partial charge on any atom is 0.188 e. The van der Waals surface area contributed by atoms with Crippen LogP contribution in [0.2, 0.25) is 10.0 Å². The molecule has 1 aromatic carbocycles. The lowest BCUT2D eigenvalue weighted by molar-refractivity contribution is 0.552. The Labute approximate surface area is 113 Å². The first-order valence-electron chi connectivity index (χ1n) is 5.18. The highest BCUT2D eigenvalue weighted by molar-refractivity contribution is 6.35. The Balaban J connectivity index is 2.09. The van der Waals surface area contributed by atoms with Gasteiger partial charge in [0.05, 0.1) is 11.6 Å². The third kappa shape index (κ3) is 2.95. The topological polar surface area (TPSA) is 66.5 Å². The SMILES string of the molecule is CC(NCc1nn[nH]n1)c1cc(F)c(Cl)cc1Cl. The monoisotopic (exact) mass is 289 g/mol. The van der Waals surface area contributed by atoms with Crippen LogP contribution in [0.3, 0.4) is 0 Å². The fourth-order valence-electron chi connectivity index (χ4n) is 1.48. The zero-order valence-electron chi connectivity index (χ0n) is 9.41. The first kappa shape index (κ1) is 13.2. The number of H-pyrrole nitrogens is 1. The fourth-order valence-corrected chi connectivity index (χ4v) is 2.03. The summed E-state index contributed by atoms with van der Waals surface area (Å²) in [5.41, 5.74) is 0.627. The second-order valence-corrected chi connectivity index (χ2v) is 4.53. The molecule has 18 heavy (non-hydrogen) atoms. The highest BCUT2D eigenvalue weighted by Gasteiger charge is 2.13. The summed E-state index contributed by atoms with van der Waals surface area (Å²) in [7, 11) is 0. The van der Waals surface area contributed by atoms with Crippen molar-refractivity contribution in [3.63, 3.8) is 0 Å². The van der Waals surface area contributed by atoms with Crippen LogP contribution in [0.5, 0.6) is 0 Å². The Morgan fingerprint density at radius 1 is 1.39 bits per heavy atom. The van der Waals surface area contributed by atoms with Crippen molar-refractivity contribution in [2.75, 3.05) is 0 Å². The largest absolute Gasteiger partial charge is 0.303 e. The molecule has 0 aliphatic rings. The van der Waals surface area contributed by atoms with Gasteiger partial charge in [0.1, 0.15) is 5.82 Å². The van der Waals surface area contributed by atoms with Gasteiger partial charge in [-0.15, -0.1) is 10.2 Å². The molecule has 0 saturated carbocycles. The van der Waals surface area contributed by atoms with Crippen LogP contribution in [0.15, 0.2) is 12.1 Å². The molecule has 0 aliphatic heterocycles. The van der Waals surface area contributed by atoms with Crippen LogP contribution in [0.1, 0.15) is 24.4 Å². The van der Waals surface area contributed by atoms with E-state index in [0.29, 0.717) is 23.0 Å². The van der Waals surface area contributed by atoms with E-state index in [2.05, 4.69) is 25.9 Å². The summed E-state index contributed by atoms with van der Waals surface area (Å²) < 4.78 is 13.4. The van der Waals surface area contributed by atoms with Crippen LogP contribution in [-0.2, 0) is 6.54 Å².